The summed E-state index contributed by atoms with van der Waals surface area (Å²) in [6, 6.07) is 49.9. The van der Waals surface area contributed by atoms with E-state index in [9.17, 15) is 0 Å². The van der Waals surface area contributed by atoms with Gasteiger partial charge in [0.1, 0.15) is 0 Å². The standard InChI is InChI=1S/C23H15N2.C15H16N.Ir/c1-3-13-22-19(10-1)20-11-2-4-14-23(20)25(22)18-9-7-8-17(16-18)21-12-5-6-15-24-21;1-12(2)11-14-9-6-10-15(16-14)13-7-4-3-5-8-13;/h1-7,9-16H;3-7,9-10,12H,11H2,1-2H3;/q2*-1;. The molecule has 0 N–H and O–H groups in total. The van der Waals surface area contributed by atoms with Crippen LogP contribution in [0.15, 0.2) is 134 Å². The number of pyridine rings is 2. The Balaban J connectivity index is 0.000000181. The Hall–Kier alpha value is -4.37. The quantitative estimate of drug-likeness (QED) is 0.166. The van der Waals surface area contributed by atoms with Crippen molar-refractivity contribution in [2.75, 3.05) is 0 Å². The molecule has 42 heavy (non-hydrogen) atoms. The number of benzene rings is 4. The Morgan fingerprint density at radius 1 is 0.643 bits per heavy atom. The van der Waals surface area contributed by atoms with Crippen LogP contribution in [0.2, 0.25) is 0 Å². The van der Waals surface area contributed by atoms with Crippen molar-refractivity contribution in [3.8, 4) is 28.2 Å². The Morgan fingerprint density at radius 2 is 1.31 bits per heavy atom. The summed E-state index contributed by atoms with van der Waals surface area (Å²) in [4.78, 5) is 9.11. The van der Waals surface area contributed by atoms with Gasteiger partial charge in [0.15, 0.2) is 0 Å². The minimum atomic E-state index is 0. The van der Waals surface area contributed by atoms with Gasteiger partial charge in [-0.1, -0.05) is 74.5 Å². The number of rotatable bonds is 5. The fraction of sp³-hybridized carbons (Fsp3) is 0.105. The second kappa shape index (κ2) is 13.5. The van der Waals surface area contributed by atoms with E-state index in [1.54, 1.807) is 0 Å². The third kappa shape index (κ3) is 6.41. The molecule has 0 aliphatic rings. The van der Waals surface area contributed by atoms with E-state index in [0.29, 0.717) is 5.92 Å². The van der Waals surface area contributed by atoms with E-state index in [-0.39, 0.29) is 20.1 Å². The molecule has 7 rings (SSSR count). The first kappa shape index (κ1) is 29.1. The molecule has 0 amide bonds. The van der Waals surface area contributed by atoms with Crippen LogP contribution in [-0.4, -0.2) is 14.5 Å². The summed E-state index contributed by atoms with van der Waals surface area (Å²) in [6.45, 7) is 4.42. The third-order valence-electron chi connectivity index (χ3n) is 6.97. The van der Waals surface area contributed by atoms with E-state index >= 15 is 0 Å². The van der Waals surface area contributed by atoms with E-state index in [4.69, 9.17) is 0 Å². The van der Waals surface area contributed by atoms with Crippen molar-refractivity contribution in [3.05, 3.63) is 151 Å². The Bertz CT molecular complexity index is 1840. The number of nitrogens with zero attached hydrogens (tertiary/aromatic N) is 3. The van der Waals surface area contributed by atoms with Crippen LogP contribution in [-0.2, 0) is 26.5 Å². The molecule has 0 aliphatic heterocycles. The average molecular weight is 722 g/mol. The summed E-state index contributed by atoms with van der Waals surface area (Å²) < 4.78 is 2.31. The van der Waals surface area contributed by atoms with Gasteiger partial charge in [-0.3, -0.25) is 0 Å². The molecule has 3 nitrogen and oxygen atoms in total. The predicted octanol–water partition coefficient (Wildman–Crippen LogP) is 9.39. The van der Waals surface area contributed by atoms with Gasteiger partial charge in [-0.05, 0) is 53.7 Å². The van der Waals surface area contributed by atoms with Crippen molar-refractivity contribution in [2.45, 2.75) is 20.3 Å². The molecule has 0 saturated carbocycles. The average Bonchev–Trinajstić information content (AvgIpc) is 3.37. The van der Waals surface area contributed by atoms with Gasteiger partial charge in [-0.15, -0.1) is 65.7 Å². The van der Waals surface area contributed by atoms with Gasteiger partial charge < -0.3 is 14.5 Å². The van der Waals surface area contributed by atoms with Crippen molar-refractivity contribution in [2.24, 2.45) is 5.92 Å². The molecule has 0 fully saturated rings. The molecule has 7 aromatic rings. The molecule has 4 heteroatoms. The second-order valence-electron chi connectivity index (χ2n) is 10.4. The molecule has 0 bridgehead atoms. The summed E-state index contributed by atoms with van der Waals surface area (Å²) >= 11 is 0. The molecule has 0 spiro atoms. The maximum Gasteiger partial charge on any atom is 0.0523 e. The van der Waals surface area contributed by atoms with Crippen molar-refractivity contribution < 1.29 is 20.1 Å². The first-order valence-electron chi connectivity index (χ1n) is 14.0. The molecule has 1 radical (unpaired) electrons. The number of fused-ring (bicyclic) bond motifs is 3. The molecule has 3 heterocycles. The van der Waals surface area contributed by atoms with Gasteiger partial charge in [0.05, 0.1) is 11.0 Å². The predicted molar refractivity (Wildman–Crippen MR) is 170 cm³/mol. The van der Waals surface area contributed by atoms with Gasteiger partial charge in [0.2, 0.25) is 0 Å². The number of para-hydroxylation sites is 2. The van der Waals surface area contributed by atoms with Crippen molar-refractivity contribution in [3.63, 3.8) is 0 Å². The second-order valence-corrected chi connectivity index (χ2v) is 10.4. The van der Waals surface area contributed by atoms with E-state index in [1.807, 2.05) is 60.8 Å². The summed E-state index contributed by atoms with van der Waals surface area (Å²) in [5.41, 5.74) is 8.71. The van der Waals surface area contributed by atoms with E-state index < -0.39 is 0 Å². The summed E-state index contributed by atoms with van der Waals surface area (Å²) in [5.74, 6) is 0.641. The Kier molecular flexibility index (Phi) is 9.38. The third-order valence-corrected chi connectivity index (χ3v) is 6.97. The topological polar surface area (TPSA) is 30.7 Å². The Labute approximate surface area is 261 Å². The normalized spacial score (nSPS) is 10.7. The van der Waals surface area contributed by atoms with Crippen molar-refractivity contribution in [1.82, 2.24) is 14.5 Å². The summed E-state index contributed by atoms with van der Waals surface area (Å²) in [5, 5.41) is 2.54. The van der Waals surface area contributed by atoms with Crippen LogP contribution in [0.1, 0.15) is 19.5 Å². The smallest absolute Gasteiger partial charge is 0.0523 e. The van der Waals surface area contributed by atoms with Crippen molar-refractivity contribution >= 4 is 21.8 Å². The minimum Gasteiger partial charge on any atom is -0.327 e. The van der Waals surface area contributed by atoms with Crippen molar-refractivity contribution in [1.29, 1.82) is 0 Å². The molecular weight excluding hydrogens is 691 g/mol. The van der Waals surface area contributed by atoms with Gasteiger partial charge in [-0.25, -0.2) is 0 Å². The van der Waals surface area contributed by atoms with E-state index in [1.165, 1.54) is 21.8 Å². The number of hydrogen-bond donors (Lipinski definition) is 0. The molecule has 0 unspecified atom stereocenters. The van der Waals surface area contributed by atoms with Crippen LogP contribution in [0.3, 0.4) is 0 Å². The van der Waals surface area contributed by atoms with E-state index in [0.717, 1.165) is 40.3 Å². The van der Waals surface area contributed by atoms with Crippen LogP contribution < -0.4 is 0 Å². The van der Waals surface area contributed by atoms with Crippen LogP contribution in [0.5, 0.6) is 0 Å². The molecule has 0 atom stereocenters. The Morgan fingerprint density at radius 3 is 1.98 bits per heavy atom. The molecule has 4 aromatic carbocycles. The zero-order valence-corrected chi connectivity index (χ0v) is 26.1. The van der Waals surface area contributed by atoms with Gasteiger partial charge in [0.25, 0.3) is 0 Å². The minimum absolute atomic E-state index is 0. The zero-order valence-electron chi connectivity index (χ0n) is 23.7. The fourth-order valence-electron chi connectivity index (χ4n) is 5.18. The van der Waals surface area contributed by atoms with Gasteiger partial charge in [-0.2, -0.15) is 0 Å². The van der Waals surface area contributed by atoms with Crippen LogP contribution in [0.4, 0.5) is 0 Å². The molecule has 209 valence electrons. The summed E-state index contributed by atoms with van der Waals surface area (Å²) in [6.07, 6.45) is 2.84. The molecular formula is C38H31IrN3-2. The number of hydrogen-bond acceptors (Lipinski definition) is 2. The molecule has 0 aliphatic carbocycles. The first-order valence-corrected chi connectivity index (χ1v) is 14.0. The van der Waals surface area contributed by atoms with Gasteiger partial charge >= 0.3 is 0 Å². The SMILES string of the molecule is CC(C)Cc1cccc(-c2[c-]cccc2)n1.[Ir].[c-]1ccc(-n2c3ccccc3c3ccccc32)cc1-c1ccccn1. The van der Waals surface area contributed by atoms with Gasteiger partial charge in [0, 0.05) is 42.8 Å². The first-order chi connectivity index (χ1) is 20.2. The van der Waals surface area contributed by atoms with E-state index in [2.05, 4.69) is 113 Å². The largest absolute Gasteiger partial charge is 0.327 e. The van der Waals surface area contributed by atoms with Crippen LogP contribution in [0.25, 0.3) is 50.0 Å². The maximum absolute atomic E-state index is 4.65. The van der Waals surface area contributed by atoms with Crippen LogP contribution >= 0.6 is 0 Å². The maximum atomic E-state index is 4.65. The van der Waals surface area contributed by atoms with Crippen LogP contribution in [0, 0.1) is 18.1 Å². The fourth-order valence-corrected chi connectivity index (χ4v) is 5.18. The summed E-state index contributed by atoms with van der Waals surface area (Å²) in [7, 11) is 0. The zero-order chi connectivity index (χ0) is 28.0. The number of aromatic nitrogens is 3. The molecule has 3 aromatic heterocycles. The monoisotopic (exact) mass is 722 g/mol. The molecule has 0 saturated heterocycles.